The molecular formula is C14H9BrClN3O4S. The summed E-state index contributed by atoms with van der Waals surface area (Å²) in [6, 6.07) is 9.25. The van der Waals surface area contributed by atoms with Gasteiger partial charge in [0.2, 0.25) is 5.65 Å². The Hall–Kier alpha value is -1.97. The van der Waals surface area contributed by atoms with Crippen molar-refractivity contribution in [1.29, 1.82) is 0 Å². The third kappa shape index (κ3) is 3.02. The van der Waals surface area contributed by atoms with Gasteiger partial charge in [-0.1, -0.05) is 29.8 Å². The first-order valence-electron chi connectivity index (χ1n) is 6.58. The Bertz CT molecular complexity index is 1050. The molecule has 0 bridgehead atoms. The summed E-state index contributed by atoms with van der Waals surface area (Å²) in [5, 5.41) is 11.7. The lowest BCUT2D eigenvalue weighted by Crippen LogP contribution is -2.07. The number of pyridine rings is 1. The summed E-state index contributed by atoms with van der Waals surface area (Å²) in [7, 11) is -3.77. The number of nitro groups is 1. The first-order valence-corrected chi connectivity index (χ1v) is 9.40. The predicted octanol–water partition coefficient (Wildman–Crippen LogP) is 3.63. The fourth-order valence-corrected chi connectivity index (χ4v) is 4.45. The van der Waals surface area contributed by atoms with E-state index in [1.165, 1.54) is 28.8 Å². The van der Waals surface area contributed by atoms with Gasteiger partial charge in [-0.05, 0) is 39.1 Å². The topological polar surface area (TPSA) is 94.6 Å². The van der Waals surface area contributed by atoms with Crippen LogP contribution in [0.3, 0.4) is 0 Å². The largest absolute Gasteiger partial charge is 0.358 e. The highest BCUT2D eigenvalue weighted by Crippen LogP contribution is 2.30. The molecule has 0 radical (unpaired) electrons. The van der Waals surface area contributed by atoms with Gasteiger partial charge in [-0.3, -0.25) is 0 Å². The third-order valence-electron chi connectivity index (χ3n) is 3.29. The number of halogens is 2. The first-order chi connectivity index (χ1) is 11.3. The van der Waals surface area contributed by atoms with Gasteiger partial charge in [0.1, 0.15) is 11.9 Å². The Balaban J connectivity index is 2.18. The van der Waals surface area contributed by atoms with Crippen LogP contribution in [0, 0.1) is 10.1 Å². The number of benzene rings is 1. The summed E-state index contributed by atoms with van der Waals surface area (Å²) in [4.78, 5) is 15.0. The lowest BCUT2D eigenvalue weighted by atomic mass is 10.4. The van der Waals surface area contributed by atoms with Crippen molar-refractivity contribution in [1.82, 2.24) is 9.38 Å². The summed E-state index contributed by atoms with van der Waals surface area (Å²) in [6.45, 7) is 0. The summed E-state index contributed by atoms with van der Waals surface area (Å²) in [6.07, 6.45) is 1.32. The Morgan fingerprint density at radius 2 is 1.96 bits per heavy atom. The molecule has 1 aromatic carbocycles. The molecule has 0 fully saturated rings. The van der Waals surface area contributed by atoms with Gasteiger partial charge in [-0.15, -0.1) is 0 Å². The molecule has 0 unspecified atom stereocenters. The van der Waals surface area contributed by atoms with Crippen LogP contribution in [0.1, 0.15) is 5.69 Å². The maximum Gasteiger partial charge on any atom is 0.352 e. The number of aromatic nitrogens is 2. The van der Waals surface area contributed by atoms with E-state index in [0.29, 0.717) is 4.47 Å². The molecule has 24 heavy (non-hydrogen) atoms. The molecule has 3 rings (SSSR count). The van der Waals surface area contributed by atoms with E-state index in [2.05, 4.69) is 20.9 Å². The first kappa shape index (κ1) is 16.9. The van der Waals surface area contributed by atoms with Crippen molar-refractivity contribution >= 4 is 48.8 Å². The number of rotatable bonds is 4. The van der Waals surface area contributed by atoms with Gasteiger partial charge in [0, 0.05) is 0 Å². The van der Waals surface area contributed by atoms with Crippen molar-refractivity contribution in [3.63, 3.8) is 0 Å². The van der Waals surface area contributed by atoms with E-state index in [4.69, 9.17) is 11.6 Å². The molecule has 10 heteroatoms. The van der Waals surface area contributed by atoms with Gasteiger partial charge in [-0.25, -0.2) is 13.4 Å². The normalized spacial score (nSPS) is 11.8. The van der Waals surface area contributed by atoms with Crippen molar-refractivity contribution in [3.05, 3.63) is 67.9 Å². The Morgan fingerprint density at radius 1 is 1.29 bits per heavy atom. The summed E-state index contributed by atoms with van der Waals surface area (Å²) in [5.41, 5.74) is 0.0798. The molecule has 0 N–H and O–H groups in total. The van der Waals surface area contributed by atoms with Crippen LogP contribution in [0.25, 0.3) is 5.65 Å². The molecule has 124 valence electrons. The summed E-state index contributed by atoms with van der Waals surface area (Å²) in [5.74, 6) is -1.01. The van der Waals surface area contributed by atoms with E-state index in [0.717, 1.165) is 0 Å². The highest BCUT2D eigenvalue weighted by molar-refractivity contribution is 9.10. The van der Waals surface area contributed by atoms with Gasteiger partial charge >= 0.3 is 5.82 Å². The van der Waals surface area contributed by atoms with Crippen molar-refractivity contribution in [2.45, 2.75) is 10.6 Å². The lowest BCUT2D eigenvalue weighted by Gasteiger charge is -2.02. The van der Waals surface area contributed by atoms with Crippen molar-refractivity contribution in [3.8, 4) is 0 Å². The smallest absolute Gasteiger partial charge is 0.352 e. The number of sulfone groups is 1. The average molecular weight is 431 g/mol. The maximum absolute atomic E-state index is 12.5. The zero-order valence-electron chi connectivity index (χ0n) is 11.9. The second kappa shape index (κ2) is 6.15. The number of hydrogen-bond acceptors (Lipinski definition) is 5. The van der Waals surface area contributed by atoms with Gasteiger partial charge in [0.25, 0.3) is 0 Å². The van der Waals surface area contributed by atoms with Crippen LogP contribution < -0.4 is 0 Å². The maximum atomic E-state index is 12.5. The van der Waals surface area contributed by atoms with Crippen molar-refractivity contribution in [2.75, 3.05) is 0 Å². The molecule has 0 spiro atoms. The van der Waals surface area contributed by atoms with Crippen LogP contribution in [-0.4, -0.2) is 22.7 Å². The molecule has 0 aliphatic rings. The third-order valence-corrected chi connectivity index (χ3v) is 5.72. The molecule has 2 aromatic heterocycles. The molecule has 0 aliphatic heterocycles. The molecule has 0 amide bonds. The van der Waals surface area contributed by atoms with Gasteiger partial charge < -0.3 is 10.1 Å². The number of imidazole rings is 1. The fourth-order valence-electron chi connectivity index (χ4n) is 2.29. The minimum absolute atomic E-state index is 0.0773. The van der Waals surface area contributed by atoms with E-state index in [1.54, 1.807) is 18.2 Å². The molecule has 2 heterocycles. The lowest BCUT2D eigenvalue weighted by molar-refractivity contribution is -0.391. The highest BCUT2D eigenvalue weighted by Gasteiger charge is 2.29. The number of fused-ring (bicyclic) bond motifs is 1. The van der Waals surface area contributed by atoms with Gasteiger partial charge in [0.05, 0.1) is 14.4 Å². The minimum Gasteiger partial charge on any atom is -0.358 e. The van der Waals surface area contributed by atoms with Crippen LogP contribution >= 0.6 is 27.5 Å². The van der Waals surface area contributed by atoms with E-state index < -0.39 is 26.3 Å². The highest BCUT2D eigenvalue weighted by atomic mass is 79.9. The Labute approximate surface area is 150 Å². The molecule has 0 saturated carbocycles. The van der Waals surface area contributed by atoms with Crippen molar-refractivity contribution < 1.29 is 13.3 Å². The molecule has 0 saturated heterocycles. The van der Waals surface area contributed by atoms with Crippen LogP contribution in [0.2, 0.25) is 5.02 Å². The quantitative estimate of drug-likeness (QED) is 0.465. The van der Waals surface area contributed by atoms with E-state index in [-0.39, 0.29) is 21.3 Å². The Morgan fingerprint density at radius 3 is 2.58 bits per heavy atom. The minimum atomic E-state index is -3.77. The standard InChI is InChI=1S/C14H9BrClN3O4S/c15-11-6-9(16)7-18-13(11)17-12(14(18)19(20)21)8-24(22,23)10-4-2-1-3-5-10/h1-7H,8H2. The SMILES string of the molecule is O=[N+]([O-])c1c(CS(=O)(=O)c2ccccc2)nc2c(Br)cc(Cl)cn12. The molecule has 0 aliphatic carbocycles. The summed E-state index contributed by atoms with van der Waals surface area (Å²) >= 11 is 9.15. The molecular weight excluding hydrogens is 422 g/mol. The van der Waals surface area contributed by atoms with Crippen molar-refractivity contribution in [2.24, 2.45) is 0 Å². The monoisotopic (exact) mass is 429 g/mol. The van der Waals surface area contributed by atoms with Gasteiger partial charge in [-0.2, -0.15) is 4.40 Å². The van der Waals surface area contributed by atoms with Gasteiger partial charge in [0.15, 0.2) is 15.5 Å². The van der Waals surface area contributed by atoms with E-state index in [1.807, 2.05) is 0 Å². The van der Waals surface area contributed by atoms with Crippen LogP contribution in [0.5, 0.6) is 0 Å². The fraction of sp³-hybridized carbons (Fsp3) is 0.0714. The van der Waals surface area contributed by atoms with E-state index >= 15 is 0 Å². The zero-order chi connectivity index (χ0) is 17.5. The van der Waals surface area contributed by atoms with Crippen LogP contribution in [0.4, 0.5) is 5.82 Å². The van der Waals surface area contributed by atoms with Crippen LogP contribution in [-0.2, 0) is 15.6 Å². The second-order valence-corrected chi connectivity index (χ2v) is 8.19. The summed E-state index contributed by atoms with van der Waals surface area (Å²) < 4.78 is 26.6. The molecule has 3 aromatic rings. The molecule has 7 nitrogen and oxygen atoms in total. The van der Waals surface area contributed by atoms with Crippen LogP contribution in [0.15, 0.2) is 52.0 Å². The second-order valence-electron chi connectivity index (χ2n) is 4.91. The average Bonchev–Trinajstić information content (AvgIpc) is 2.86. The predicted molar refractivity (Wildman–Crippen MR) is 91.9 cm³/mol. The zero-order valence-corrected chi connectivity index (χ0v) is 15.0. The Kier molecular flexibility index (Phi) is 4.33. The number of hydrogen-bond donors (Lipinski definition) is 0. The van der Waals surface area contributed by atoms with E-state index in [9.17, 15) is 18.5 Å². The molecule has 0 atom stereocenters. The number of nitrogens with zero attached hydrogens (tertiary/aromatic N) is 3.